The average molecular weight is 481 g/mol. The number of aromatic nitrogens is 1. The van der Waals surface area contributed by atoms with Crippen molar-refractivity contribution >= 4 is 43.8 Å². The van der Waals surface area contributed by atoms with Crippen LogP contribution in [0.4, 0.5) is 0 Å². The molecular weight excluding hydrogens is 460 g/mol. The summed E-state index contributed by atoms with van der Waals surface area (Å²) in [5.41, 5.74) is 6.26. The standard InChI is InChI=1S/C19H21BrN4O4S/c1-22-13-15(12-17(22)19(21)26)29(27,28)24-10-8-23(9-11-24)18(25)7-6-14-4-2-3-5-16(14)20/h2-7,12-13H,8-11H2,1H3,(H2,21,26)/b7-6+. The number of primary amides is 1. The second-order valence-electron chi connectivity index (χ2n) is 6.62. The number of benzene rings is 1. The van der Waals surface area contributed by atoms with E-state index in [0.717, 1.165) is 10.0 Å². The predicted octanol–water partition coefficient (Wildman–Crippen LogP) is 1.43. The number of hydrogen-bond donors (Lipinski definition) is 1. The molecule has 0 saturated carbocycles. The summed E-state index contributed by atoms with van der Waals surface area (Å²) < 4.78 is 29.3. The van der Waals surface area contributed by atoms with E-state index < -0.39 is 15.9 Å². The second-order valence-corrected chi connectivity index (χ2v) is 9.41. The van der Waals surface area contributed by atoms with E-state index in [1.54, 1.807) is 18.0 Å². The Morgan fingerprint density at radius 1 is 1.14 bits per heavy atom. The average Bonchev–Trinajstić information content (AvgIpc) is 3.10. The number of carbonyl (C=O) groups is 2. The molecule has 29 heavy (non-hydrogen) atoms. The van der Waals surface area contributed by atoms with Crippen LogP contribution in [0.1, 0.15) is 16.1 Å². The van der Waals surface area contributed by atoms with Gasteiger partial charge in [0.2, 0.25) is 15.9 Å². The molecule has 10 heteroatoms. The van der Waals surface area contributed by atoms with Crippen LogP contribution < -0.4 is 5.73 Å². The summed E-state index contributed by atoms with van der Waals surface area (Å²) in [4.78, 5) is 25.4. The lowest BCUT2D eigenvalue weighted by atomic mass is 10.2. The number of halogens is 1. The fraction of sp³-hybridized carbons (Fsp3) is 0.263. The van der Waals surface area contributed by atoms with Crippen molar-refractivity contribution in [2.45, 2.75) is 4.90 Å². The molecule has 1 saturated heterocycles. The fourth-order valence-electron chi connectivity index (χ4n) is 3.09. The van der Waals surface area contributed by atoms with Gasteiger partial charge in [-0.05, 0) is 23.8 Å². The molecule has 0 unspecified atom stereocenters. The number of nitrogens with two attached hydrogens (primary N) is 1. The highest BCUT2D eigenvalue weighted by molar-refractivity contribution is 9.10. The molecule has 8 nitrogen and oxygen atoms in total. The Kier molecular flexibility index (Phi) is 6.25. The van der Waals surface area contributed by atoms with E-state index >= 15 is 0 Å². The summed E-state index contributed by atoms with van der Waals surface area (Å²) in [5, 5.41) is 0. The number of hydrogen-bond acceptors (Lipinski definition) is 4. The van der Waals surface area contributed by atoms with Crippen molar-refractivity contribution in [1.29, 1.82) is 0 Å². The van der Waals surface area contributed by atoms with Crippen LogP contribution in [0.5, 0.6) is 0 Å². The van der Waals surface area contributed by atoms with E-state index in [4.69, 9.17) is 5.73 Å². The van der Waals surface area contributed by atoms with Crippen LogP contribution in [-0.2, 0) is 21.9 Å². The molecule has 0 bridgehead atoms. The van der Waals surface area contributed by atoms with E-state index in [1.807, 2.05) is 24.3 Å². The van der Waals surface area contributed by atoms with E-state index in [0.29, 0.717) is 0 Å². The first kappa shape index (κ1) is 21.3. The Morgan fingerprint density at radius 2 is 1.79 bits per heavy atom. The number of sulfonamides is 1. The quantitative estimate of drug-likeness (QED) is 0.653. The lowest BCUT2D eigenvalue weighted by Crippen LogP contribution is -2.50. The van der Waals surface area contributed by atoms with Gasteiger partial charge in [-0.3, -0.25) is 9.59 Å². The summed E-state index contributed by atoms with van der Waals surface area (Å²) in [6.07, 6.45) is 4.58. The van der Waals surface area contributed by atoms with Gasteiger partial charge in [-0.2, -0.15) is 4.31 Å². The number of carbonyl (C=O) groups excluding carboxylic acids is 2. The van der Waals surface area contributed by atoms with Crippen LogP contribution >= 0.6 is 15.9 Å². The maximum absolute atomic E-state index is 12.8. The number of aryl methyl sites for hydroxylation is 1. The summed E-state index contributed by atoms with van der Waals surface area (Å²) in [6, 6.07) is 8.82. The van der Waals surface area contributed by atoms with Gasteiger partial charge < -0.3 is 15.2 Å². The van der Waals surface area contributed by atoms with Gasteiger partial charge in [-0.15, -0.1) is 0 Å². The monoisotopic (exact) mass is 480 g/mol. The van der Waals surface area contributed by atoms with Crippen LogP contribution in [0.15, 0.2) is 52.0 Å². The normalized spacial score (nSPS) is 15.7. The Labute approximate surface area is 177 Å². The van der Waals surface area contributed by atoms with Crippen molar-refractivity contribution in [3.05, 3.63) is 58.3 Å². The zero-order valence-corrected chi connectivity index (χ0v) is 18.2. The van der Waals surface area contributed by atoms with Gasteiger partial charge in [0, 0.05) is 50.0 Å². The van der Waals surface area contributed by atoms with Crippen LogP contribution in [0.2, 0.25) is 0 Å². The molecule has 1 aliphatic rings. The summed E-state index contributed by atoms with van der Waals surface area (Å²) >= 11 is 3.43. The highest BCUT2D eigenvalue weighted by Crippen LogP contribution is 2.21. The Balaban J connectivity index is 1.65. The summed E-state index contributed by atoms with van der Waals surface area (Å²) in [6.45, 7) is 0.928. The number of piperazine rings is 1. The van der Waals surface area contributed by atoms with Crippen molar-refractivity contribution in [2.24, 2.45) is 12.8 Å². The van der Waals surface area contributed by atoms with Gasteiger partial charge in [0.05, 0.1) is 0 Å². The Morgan fingerprint density at radius 3 is 2.38 bits per heavy atom. The first-order valence-electron chi connectivity index (χ1n) is 8.88. The van der Waals surface area contributed by atoms with Crippen molar-refractivity contribution in [3.63, 3.8) is 0 Å². The topological polar surface area (TPSA) is 106 Å². The van der Waals surface area contributed by atoms with Gasteiger partial charge in [0.1, 0.15) is 10.6 Å². The first-order valence-corrected chi connectivity index (χ1v) is 11.1. The maximum atomic E-state index is 12.8. The van der Waals surface area contributed by atoms with Crippen LogP contribution in [-0.4, -0.2) is 60.2 Å². The molecule has 0 radical (unpaired) electrons. The van der Waals surface area contributed by atoms with Crippen molar-refractivity contribution < 1.29 is 18.0 Å². The lowest BCUT2D eigenvalue weighted by molar-refractivity contribution is -0.127. The SMILES string of the molecule is Cn1cc(S(=O)(=O)N2CCN(C(=O)/C=C/c3ccccc3Br)CC2)cc1C(N)=O. The molecule has 1 fully saturated rings. The molecule has 0 spiro atoms. The number of rotatable bonds is 5. The van der Waals surface area contributed by atoms with E-state index in [-0.39, 0.29) is 42.7 Å². The van der Waals surface area contributed by atoms with Gasteiger partial charge >= 0.3 is 0 Å². The maximum Gasteiger partial charge on any atom is 0.265 e. The third kappa shape index (κ3) is 4.60. The highest BCUT2D eigenvalue weighted by atomic mass is 79.9. The molecular formula is C19H21BrN4O4S. The molecule has 1 aliphatic heterocycles. The summed E-state index contributed by atoms with van der Waals surface area (Å²) in [5.74, 6) is -0.866. The summed E-state index contributed by atoms with van der Waals surface area (Å²) in [7, 11) is -2.20. The molecule has 2 heterocycles. The van der Waals surface area contributed by atoms with Crippen LogP contribution in [0.3, 0.4) is 0 Å². The predicted molar refractivity (Wildman–Crippen MR) is 112 cm³/mol. The molecule has 0 aliphatic carbocycles. The van der Waals surface area contributed by atoms with Gasteiger partial charge in [-0.1, -0.05) is 34.1 Å². The van der Waals surface area contributed by atoms with Gasteiger partial charge in [0.15, 0.2) is 0 Å². The van der Waals surface area contributed by atoms with Crippen molar-refractivity contribution in [2.75, 3.05) is 26.2 Å². The molecule has 2 N–H and O–H groups in total. The van der Waals surface area contributed by atoms with Crippen molar-refractivity contribution in [3.8, 4) is 0 Å². The van der Waals surface area contributed by atoms with E-state index in [2.05, 4.69) is 15.9 Å². The molecule has 0 atom stereocenters. The number of nitrogens with zero attached hydrogens (tertiary/aromatic N) is 3. The fourth-order valence-corrected chi connectivity index (χ4v) is 5.01. The molecule has 2 aromatic rings. The number of amides is 2. The molecule has 2 amide bonds. The third-order valence-electron chi connectivity index (χ3n) is 4.73. The minimum absolute atomic E-state index is 0.0161. The van der Waals surface area contributed by atoms with Crippen LogP contribution in [0.25, 0.3) is 6.08 Å². The minimum atomic E-state index is -3.76. The second kappa shape index (κ2) is 8.52. The lowest BCUT2D eigenvalue weighted by Gasteiger charge is -2.33. The van der Waals surface area contributed by atoms with E-state index in [9.17, 15) is 18.0 Å². The molecule has 154 valence electrons. The zero-order chi connectivity index (χ0) is 21.2. The zero-order valence-electron chi connectivity index (χ0n) is 15.8. The molecule has 1 aromatic heterocycles. The smallest absolute Gasteiger partial charge is 0.265 e. The molecule has 1 aromatic carbocycles. The Hall–Kier alpha value is -2.43. The highest BCUT2D eigenvalue weighted by Gasteiger charge is 2.31. The largest absolute Gasteiger partial charge is 0.364 e. The minimum Gasteiger partial charge on any atom is -0.364 e. The first-order chi connectivity index (χ1) is 13.7. The molecule has 3 rings (SSSR count). The van der Waals surface area contributed by atoms with Crippen LogP contribution in [0, 0.1) is 0 Å². The Bertz CT molecular complexity index is 1070. The van der Waals surface area contributed by atoms with Gasteiger partial charge in [0.25, 0.3) is 5.91 Å². The van der Waals surface area contributed by atoms with Gasteiger partial charge in [-0.25, -0.2) is 8.42 Å². The van der Waals surface area contributed by atoms with E-state index in [1.165, 1.54) is 27.2 Å². The third-order valence-corrected chi connectivity index (χ3v) is 7.32. The van der Waals surface area contributed by atoms with Crippen molar-refractivity contribution in [1.82, 2.24) is 13.8 Å².